The van der Waals surface area contributed by atoms with Gasteiger partial charge >= 0.3 is 5.97 Å². The zero-order valence-electron chi connectivity index (χ0n) is 16.8. The number of hydrogen-bond acceptors (Lipinski definition) is 4. The second kappa shape index (κ2) is 8.71. The van der Waals surface area contributed by atoms with Gasteiger partial charge in [-0.3, -0.25) is 4.79 Å². The standard InChI is InChI=1S/C22H27NO4/c1-7-26-22(25)18-9-8-14(3)19(12-18)23-21(24)17(6)27-20-11-13(2)10-15(4)16(20)5/h8-12,17H,7H2,1-6H3,(H,23,24)/t17-/m0/s1. The van der Waals surface area contributed by atoms with Crippen molar-refractivity contribution in [2.75, 3.05) is 11.9 Å². The van der Waals surface area contributed by atoms with Crippen LogP contribution < -0.4 is 10.1 Å². The molecule has 5 nitrogen and oxygen atoms in total. The molecule has 2 rings (SSSR count). The Balaban J connectivity index is 2.15. The van der Waals surface area contributed by atoms with Crippen LogP contribution in [0.2, 0.25) is 0 Å². The van der Waals surface area contributed by atoms with E-state index in [1.54, 1.807) is 32.0 Å². The molecule has 0 saturated heterocycles. The number of hydrogen-bond donors (Lipinski definition) is 1. The third-order valence-electron chi connectivity index (χ3n) is 4.44. The fourth-order valence-electron chi connectivity index (χ4n) is 2.70. The summed E-state index contributed by atoms with van der Waals surface area (Å²) in [7, 11) is 0. The molecule has 0 aliphatic rings. The first-order chi connectivity index (χ1) is 12.7. The summed E-state index contributed by atoms with van der Waals surface area (Å²) in [4.78, 5) is 24.5. The molecule has 0 heterocycles. The van der Waals surface area contributed by atoms with Gasteiger partial charge in [-0.1, -0.05) is 12.1 Å². The zero-order chi connectivity index (χ0) is 20.1. The second-order valence-electron chi connectivity index (χ2n) is 6.70. The van der Waals surface area contributed by atoms with Crippen molar-refractivity contribution in [2.24, 2.45) is 0 Å². The van der Waals surface area contributed by atoms with Crippen LogP contribution in [0.3, 0.4) is 0 Å². The number of ether oxygens (including phenoxy) is 2. The molecule has 0 radical (unpaired) electrons. The normalized spacial score (nSPS) is 11.6. The highest BCUT2D eigenvalue weighted by Crippen LogP contribution is 2.25. The Morgan fingerprint density at radius 2 is 1.74 bits per heavy atom. The molecule has 0 fully saturated rings. The van der Waals surface area contributed by atoms with Crippen LogP contribution in [0.1, 0.15) is 46.5 Å². The first-order valence-corrected chi connectivity index (χ1v) is 9.06. The van der Waals surface area contributed by atoms with Gasteiger partial charge in [0, 0.05) is 5.69 Å². The van der Waals surface area contributed by atoms with E-state index in [1.807, 2.05) is 33.8 Å². The molecule has 0 aliphatic heterocycles. The molecule has 27 heavy (non-hydrogen) atoms. The van der Waals surface area contributed by atoms with Gasteiger partial charge in [0.2, 0.25) is 0 Å². The van der Waals surface area contributed by atoms with Gasteiger partial charge in [-0.15, -0.1) is 0 Å². The van der Waals surface area contributed by atoms with Crippen LogP contribution in [0.25, 0.3) is 0 Å². The molecule has 0 saturated carbocycles. The molecule has 5 heteroatoms. The maximum absolute atomic E-state index is 12.6. The van der Waals surface area contributed by atoms with E-state index in [0.717, 1.165) is 22.3 Å². The summed E-state index contributed by atoms with van der Waals surface area (Å²) in [6.45, 7) is 11.6. The van der Waals surface area contributed by atoms with Crippen molar-refractivity contribution in [1.29, 1.82) is 0 Å². The van der Waals surface area contributed by atoms with Crippen molar-refractivity contribution in [3.8, 4) is 5.75 Å². The lowest BCUT2D eigenvalue weighted by Gasteiger charge is -2.18. The number of amides is 1. The van der Waals surface area contributed by atoms with E-state index < -0.39 is 12.1 Å². The number of anilines is 1. The van der Waals surface area contributed by atoms with Crippen molar-refractivity contribution in [1.82, 2.24) is 0 Å². The minimum atomic E-state index is -0.685. The molecule has 0 unspecified atom stereocenters. The smallest absolute Gasteiger partial charge is 0.338 e. The number of rotatable bonds is 6. The highest BCUT2D eigenvalue weighted by molar-refractivity contribution is 5.97. The first-order valence-electron chi connectivity index (χ1n) is 9.06. The molecule has 0 aliphatic carbocycles. The zero-order valence-corrected chi connectivity index (χ0v) is 16.8. The summed E-state index contributed by atoms with van der Waals surface area (Å²) in [6, 6.07) is 9.10. The number of benzene rings is 2. The van der Waals surface area contributed by atoms with Crippen LogP contribution in [0.4, 0.5) is 5.69 Å². The number of aryl methyl sites for hydroxylation is 3. The fourth-order valence-corrected chi connectivity index (χ4v) is 2.70. The molecule has 1 amide bonds. The summed E-state index contributed by atoms with van der Waals surface area (Å²) in [6.07, 6.45) is -0.685. The van der Waals surface area contributed by atoms with Crippen LogP contribution in [0, 0.1) is 27.7 Å². The van der Waals surface area contributed by atoms with Crippen molar-refractivity contribution >= 4 is 17.6 Å². The predicted octanol–water partition coefficient (Wildman–Crippen LogP) is 4.50. The molecule has 144 valence electrons. The highest BCUT2D eigenvalue weighted by Gasteiger charge is 2.18. The van der Waals surface area contributed by atoms with Gasteiger partial charge in [-0.05, 0) is 82.0 Å². The fraction of sp³-hybridized carbons (Fsp3) is 0.364. The molecule has 0 aromatic heterocycles. The van der Waals surface area contributed by atoms with Crippen LogP contribution in [-0.2, 0) is 9.53 Å². The Hall–Kier alpha value is -2.82. The largest absolute Gasteiger partial charge is 0.481 e. The quantitative estimate of drug-likeness (QED) is 0.761. The molecule has 2 aromatic carbocycles. The molecular formula is C22H27NO4. The van der Waals surface area contributed by atoms with Crippen molar-refractivity contribution in [2.45, 2.75) is 47.6 Å². The van der Waals surface area contributed by atoms with Crippen molar-refractivity contribution in [3.63, 3.8) is 0 Å². The molecule has 0 spiro atoms. The first kappa shape index (κ1) is 20.5. The Labute approximate surface area is 160 Å². The number of nitrogens with one attached hydrogen (secondary N) is 1. The van der Waals surface area contributed by atoms with Gasteiger partial charge in [0.15, 0.2) is 6.10 Å². The Morgan fingerprint density at radius 3 is 2.41 bits per heavy atom. The third-order valence-corrected chi connectivity index (χ3v) is 4.44. The number of carbonyl (C=O) groups is 2. The van der Waals surface area contributed by atoms with Gasteiger partial charge in [0.1, 0.15) is 5.75 Å². The third kappa shape index (κ3) is 5.09. The topological polar surface area (TPSA) is 64.6 Å². The van der Waals surface area contributed by atoms with E-state index >= 15 is 0 Å². The second-order valence-corrected chi connectivity index (χ2v) is 6.70. The van der Waals surface area contributed by atoms with Gasteiger partial charge in [0.25, 0.3) is 5.91 Å². The van der Waals surface area contributed by atoms with Crippen molar-refractivity contribution in [3.05, 3.63) is 58.1 Å². The Morgan fingerprint density at radius 1 is 1.04 bits per heavy atom. The lowest BCUT2D eigenvalue weighted by molar-refractivity contribution is -0.122. The molecule has 0 bridgehead atoms. The van der Waals surface area contributed by atoms with E-state index in [9.17, 15) is 9.59 Å². The van der Waals surface area contributed by atoms with Crippen LogP contribution in [0.5, 0.6) is 5.75 Å². The number of carbonyl (C=O) groups excluding carboxylic acids is 2. The van der Waals surface area contributed by atoms with Crippen LogP contribution in [-0.4, -0.2) is 24.6 Å². The lowest BCUT2D eigenvalue weighted by atomic mass is 10.1. The van der Waals surface area contributed by atoms with E-state index in [2.05, 4.69) is 11.4 Å². The van der Waals surface area contributed by atoms with Gasteiger partial charge in [-0.2, -0.15) is 0 Å². The van der Waals surface area contributed by atoms with Crippen LogP contribution in [0.15, 0.2) is 30.3 Å². The van der Waals surface area contributed by atoms with E-state index in [4.69, 9.17) is 9.47 Å². The predicted molar refractivity (Wildman–Crippen MR) is 107 cm³/mol. The van der Waals surface area contributed by atoms with Gasteiger partial charge in [0.05, 0.1) is 12.2 Å². The molecule has 1 atom stereocenters. The maximum Gasteiger partial charge on any atom is 0.338 e. The minimum Gasteiger partial charge on any atom is -0.481 e. The molecular weight excluding hydrogens is 342 g/mol. The van der Waals surface area contributed by atoms with Crippen LogP contribution >= 0.6 is 0 Å². The van der Waals surface area contributed by atoms with E-state index in [0.29, 0.717) is 23.6 Å². The average Bonchev–Trinajstić information content (AvgIpc) is 2.61. The maximum atomic E-state index is 12.6. The summed E-state index contributed by atoms with van der Waals surface area (Å²) in [5.74, 6) is 0.00738. The summed E-state index contributed by atoms with van der Waals surface area (Å²) in [5.41, 5.74) is 5.04. The SMILES string of the molecule is CCOC(=O)c1ccc(C)c(NC(=O)[C@H](C)Oc2cc(C)cc(C)c2C)c1. The highest BCUT2D eigenvalue weighted by atomic mass is 16.5. The minimum absolute atomic E-state index is 0.280. The van der Waals surface area contributed by atoms with E-state index in [1.165, 1.54) is 0 Å². The Bertz CT molecular complexity index is 858. The lowest BCUT2D eigenvalue weighted by Crippen LogP contribution is -2.30. The van der Waals surface area contributed by atoms with E-state index in [-0.39, 0.29) is 5.91 Å². The van der Waals surface area contributed by atoms with Crippen molar-refractivity contribution < 1.29 is 19.1 Å². The summed E-state index contributed by atoms with van der Waals surface area (Å²) in [5, 5.41) is 2.84. The number of esters is 1. The Kier molecular flexibility index (Phi) is 6.61. The molecule has 2 aromatic rings. The summed E-state index contributed by atoms with van der Waals surface area (Å²) >= 11 is 0. The summed E-state index contributed by atoms with van der Waals surface area (Å²) < 4.78 is 10.9. The monoisotopic (exact) mass is 369 g/mol. The van der Waals surface area contributed by atoms with Gasteiger partial charge < -0.3 is 14.8 Å². The van der Waals surface area contributed by atoms with Gasteiger partial charge in [-0.25, -0.2) is 4.79 Å². The molecule has 1 N–H and O–H groups in total. The average molecular weight is 369 g/mol.